The van der Waals surface area contributed by atoms with Gasteiger partial charge in [-0.1, -0.05) is 6.58 Å². The number of nitrogens with one attached hydrogen (secondary N) is 2. The molecule has 4 rings (SSSR count). The summed E-state index contributed by atoms with van der Waals surface area (Å²) >= 11 is 0. The first-order chi connectivity index (χ1) is 14.4. The molecule has 1 fully saturated rings. The fraction of sp³-hybridized carbons (Fsp3) is 0.571. The highest BCUT2D eigenvalue weighted by atomic mass is 19.4. The molecule has 164 valence electrons. The number of H-pyrrole nitrogens is 1. The first-order valence-electron chi connectivity index (χ1n) is 10.3. The number of ether oxygens (including phenoxy) is 1. The third-order valence-corrected chi connectivity index (χ3v) is 6.16. The Bertz CT molecular complexity index is 888. The maximum absolute atomic E-state index is 12.4. The Labute approximate surface area is 174 Å². The van der Waals surface area contributed by atoms with Crippen LogP contribution < -0.4 is 10.2 Å². The van der Waals surface area contributed by atoms with Crippen LogP contribution in [0.4, 0.5) is 18.9 Å². The molecule has 0 atom stereocenters. The van der Waals surface area contributed by atoms with E-state index in [4.69, 9.17) is 4.74 Å². The lowest BCUT2D eigenvalue weighted by atomic mass is 9.84. The van der Waals surface area contributed by atoms with Crippen molar-refractivity contribution in [2.24, 2.45) is 5.92 Å². The Morgan fingerprint density at radius 1 is 1.30 bits per heavy atom. The van der Waals surface area contributed by atoms with Gasteiger partial charge in [-0.15, -0.1) is 0 Å². The van der Waals surface area contributed by atoms with E-state index in [1.165, 1.54) is 0 Å². The summed E-state index contributed by atoms with van der Waals surface area (Å²) in [4.78, 5) is 12.2. The number of methoxy groups -OCH3 is 1. The SMILES string of the molecule is C=C1c2cnc3[nH]ccc3c2N([C@H]2CC[C@H](CNCC(F)(F)F)CC2)CN1COC. The van der Waals surface area contributed by atoms with E-state index in [-0.39, 0.29) is 5.92 Å². The zero-order valence-electron chi connectivity index (χ0n) is 17.1. The summed E-state index contributed by atoms with van der Waals surface area (Å²) < 4.78 is 42.5. The van der Waals surface area contributed by atoms with E-state index < -0.39 is 12.7 Å². The van der Waals surface area contributed by atoms with Gasteiger partial charge in [-0.25, -0.2) is 4.98 Å². The van der Waals surface area contributed by atoms with Crippen LogP contribution in [0.25, 0.3) is 16.7 Å². The Morgan fingerprint density at radius 2 is 2.07 bits per heavy atom. The van der Waals surface area contributed by atoms with Crippen LogP contribution in [0, 0.1) is 5.92 Å². The molecule has 6 nitrogen and oxygen atoms in total. The third-order valence-electron chi connectivity index (χ3n) is 6.16. The number of anilines is 1. The lowest BCUT2D eigenvalue weighted by molar-refractivity contribution is -0.125. The van der Waals surface area contributed by atoms with Gasteiger partial charge in [-0.3, -0.25) is 0 Å². The van der Waals surface area contributed by atoms with Gasteiger partial charge in [0.25, 0.3) is 0 Å². The van der Waals surface area contributed by atoms with Crippen molar-refractivity contribution in [3.8, 4) is 0 Å². The number of hydrogen-bond donors (Lipinski definition) is 2. The minimum atomic E-state index is -4.15. The summed E-state index contributed by atoms with van der Waals surface area (Å²) in [5.74, 6) is 0.280. The Morgan fingerprint density at radius 3 is 2.77 bits per heavy atom. The number of nitrogens with zero attached hydrogens (tertiary/aromatic N) is 3. The highest BCUT2D eigenvalue weighted by Gasteiger charge is 2.34. The van der Waals surface area contributed by atoms with Crippen LogP contribution in [0.1, 0.15) is 31.2 Å². The van der Waals surface area contributed by atoms with Gasteiger partial charge in [-0.05, 0) is 44.2 Å². The second-order valence-electron chi connectivity index (χ2n) is 8.20. The van der Waals surface area contributed by atoms with E-state index in [9.17, 15) is 13.2 Å². The van der Waals surface area contributed by atoms with E-state index in [1.807, 2.05) is 18.5 Å². The predicted octanol–water partition coefficient (Wildman–Crippen LogP) is 3.93. The van der Waals surface area contributed by atoms with E-state index in [2.05, 4.69) is 31.7 Å². The Kier molecular flexibility index (Phi) is 5.92. The normalized spacial score (nSPS) is 22.6. The summed E-state index contributed by atoms with van der Waals surface area (Å²) in [5, 5.41) is 3.64. The molecule has 2 aromatic rings. The van der Waals surface area contributed by atoms with Crippen molar-refractivity contribution < 1.29 is 17.9 Å². The second-order valence-corrected chi connectivity index (χ2v) is 8.20. The first kappa shape index (κ1) is 21.0. The van der Waals surface area contributed by atoms with Crippen LogP contribution in [0.2, 0.25) is 0 Å². The molecule has 1 aliphatic heterocycles. The van der Waals surface area contributed by atoms with Gasteiger partial charge < -0.3 is 24.8 Å². The van der Waals surface area contributed by atoms with E-state index in [0.29, 0.717) is 26.0 Å². The lowest BCUT2D eigenvalue weighted by Crippen LogP contribution is -2.49. The Balaban J connectivity index is 1.51. The predicted molar refractivity (Wildman–Crippen MR) is 111 cm³/mol. The quantitative estimate of drug-likeness (QED) is 0.738. The van der Waals surface area contributed by atoms with Crippen molar-refractivity contribution in [1.82, 2.24) is 20.2 Å². The number of aromatic nitrogens is 2. The molecule has 2 N–H and O–H groups in total. The van der Waals surface area contributed by atoms with Crippen molar-refractivity contribution in [3.05, 3.63) is 30.6 Å². The molecule has 0 radical (unpaired) electrons. The van der Waals surface area contributed by atoms with Gasteiger partial charge in [-0.2, -0.15) is 13.2 Å². The van der Waals surface area contributed by atoms with E-state index >= 15 is 0 Å². The molecule has 0 aromatic carbocycles. The molecule has 0 unspecified atom stereocenters. The fourth-order valence-electron chi connectivity index (χ4n) is 4.68. The monoisotopic (exact) mass is 423 g/mol. The molecule has 3 heterocycles. The largest absolute Gasteiger partial charge is 0.401 e. The molecule has 30 heavy (non-hydrogen) atoms. The third kappa shape index (κ3) is 4.27. The number of alkyl halides is 3. The zero-order valence-corrected chi connectivity index (χ0v) is 17.1. The van der Waals surface area contributed by atoms with Crippen LogP contribution in [0.5, 0.6) is 0 Å². The number of rotatable bonds is 6. The fourth-order valence-corrected chi connectivity index (χ4v) is 4.68. The minimum Gasteiger partial charge on any atom is -0.364 e. The highest BCUT2D eigenvalue weighted by Crippen LogP contribution is 2.42. The van der Waals surface area contributed by atoms with Crippen molar-refractivity contribution in [2.75, 3.05) is 38.5 Å². The van der Waals surface area contributed by atoms with Crippen LogP contribution in [0.15, 0.2) is 25.0 Å². The number of hydrogen-bond acceptors (Lipinski definition) is 5. The van der Waals surface area contributed by atoms with Crippen molar-refractivity contribution in [1.29, 1.82) is 0 Å². The number of pyridine rings is 1. The first-order valence-corrected chi connectivity index (χ1v) is 10.3. The molecule has 0 bridgehead atoms. The molecular formula is C21H28F3N5O. The van der Waals surface area contributed by atoms with E-state index in [0.717, 1.165) is 53.7 Å². The van der Waals surface area contributed by atoms with Gasteiger partial charge in [0.2, 0.25) is 0 Å². The molecule has 0 amide bonds. The summed E-state index contributed by atoms with van der Waals surface area (Å²) in [5.41, 5.74) is 3.87. The number of aromatic amines is 1. The average molecular weight is 423 g/mol. The van der Waals surface area contributed by atoms with Crippen LogP contribution in [0.3, 0.4) is 0 Å². The average Bonchev–Trinajstić information content (AvgIpc) is 3.19. The molecule has 2 aliphatic rings. The smallest absolute Gasteiger partial charge is 0.364 e. The molecule has 2 aromatic heterocycles. The molecule has 1 saturated carbocycles. The van der Waals surface area contributed by atoms with Crippen LogP contribution >= 0.6 is 0 Å². The van der Waals surface area contributed by atoms with Crippen molar-refractivity contribution in [3.63, 3.8) is 0 Å². The molecule has 1 aliphatic carbocycles. The zero-order chi connectivity index (χ0) is 21.3. The number of halogens is 3. The minimum absolute atomic E-state index is 0.280. The summed E-state index contributed by atoms with van der Waals surface area (Å²) in [6.45, 7) is 4.87. The summed E-state index contributed by atoms with van der Waals surface area (Å²) in [7, 11) is 1.67. The van der Waals surface area contributed by atoms with Crippen molar-refractivity contribution >= 4 is 22.4 Å². The molecule has 9 heteroatoms. The van der Waals surface area contributed by atoms with Gasteiger partial charge in [0, 0.05) is 42.2 Å². The Hall–Kier alpha value is -2.26. The van der Waals surface area contributed by atoms with Gasteiger partial charge in [0.15, 0.2) is 0 Å². The topological polar surface area (TPSA) is 56.4 Å². The van der Waals surface area contributed by atoms with Crippen LogP contribution in [-0.4, -0.2) is 60.7 Å². The van der Waals surface area contributed by atoms with Gasteiger partial charge in [0.1, 0.15) is 12.4 Å². The lowest BCUT2D eigenvalue weighted by Gasteiger charge is -2.46. The summed E-state index contributed by atoms with van der Waals surface area (Å²) in [6, 6.07) is 2.36. The molecular weight excluding hydrogens is 395 g/mol. The van der Waals surface area contributed by atoms with Gasteiger partial charge >= 0.3 is 6.18 Å². The second kappa shape index (κ2) is 8.47. The van der Waals surface area contributed by atoms with Crippen molar-refractivity contribution in [2.45, 2.75) is 37.9 Å². The molecule has 0 spiro atoms. The maximum atomic E-state index is 12.4. The highest BCUT2D eigenvalue weighted by molar-refractivity contribution is 5.97. The number of fused-ring (bicyclic) bond motifs is 3. The summed E-state index contributed by atoms with van der Waals surface area (Å²) in [6.07, 6.45) is 3.31. The van der Waals surface area contributed by atoms with Gasteiger partial charge in [0.05, 0.1) is 18.9 Å². The standard InChI is InChI=1S/C21H28F3N5O/c1-14-18-10-27-20-17(7-8-26-20)19(18)29(12-28(14)13-30-2)16-5-3-15(4-6-16)9-25-11-21(22,23)24/h7-8,10,15-16,25H,1,3-6,9,11-13H2,2H3,(H,26,27)/t15-,16-. The van der Waals surface area contributed by atoms with E-state index in [1.54, 1.807) is 7.11 Å². The van der Waals surface area contributed by atoms with Crippen LogP contribution in [-0.2, 0) is 4.74 Å². The molecule has 0 saturated heterocycles. The maximum Gasteiger partial charge on any atom is 0.401 e.